The highest BCUT2D eigenvalue weighted by Gasteiger charge is 2.20. The zero-order valence-electron chi connectivity index (χ0n) is 56.2. The van der Waals surface area contributed by atoms with Gasteiger partial charge in [0.15, 0.2) is 6.10 Å². The maximum absolute atomic E-state index is 13.0. The number of allylic oxidation sites excluding steroid dienone is 6. The van der Waals surface area contributed by atoms with Crippen molar-refractivity contribution < 1.29 is 28.6 Å². The number of esters is 3. The van der Waals surface area contributed by atoms with Gasteiger partial charge >= 0.3 is 17.9 Å². The molecule has 0 rings (SSSR count). The summed E-state index contributed by atoms with van der Waals surface area (Å²) in [6.07, 6.45) is 90.4. The first kappa shape index (κ1) is 80.6. The number of carbonyl (C=O) groups is 3. The lowest BCUT2D eigenvalue weighted by atomic mass is 10.0. The summed E-state index contributed by atoms with van der Waals surface area (Å²) in [6, 6.07) is 0. The topological polar surface area (TPSA) is 78.9 Å². The Labute approximate surface area is 518 Å². The molecule has 1 atom stereocenters. The summed E-state index contributed by atoms with van der Waals surface area (Å²) in [4.78, 5) is 38.5. The average molecular weight is 1170 g/mol. The van der Waals surface area contributed by atoms with Gasteiger partial charge in [-0.2, -0.15) is 0 Å². The number of hydrogen-bond acceptors (Lipinski definition) is 6. The second kappa shape index (κ2) is 72.1. The Kier molecular flexibility index (Phi) is 70.0. The van der Waals surface area contributed by atoms with Gasteiger partial charge in [0, 0.05) is 19.3 Å². The Bertz CT molecular complexity index is 1380. The molecule has 83 heavy (non-hydrogen) atoms. The minimum Gasteiger partial charge on any atom is -0.462 e. The zero-order chi connectivity index (χ0) is 59.9. The van der Waals surface area contributed by atoms with Crippen LogP contribution in [0.25, 0.3) is 0 Å². The summed E-state index contributed by atoms with van der Waals surface area (Å²) in [5.41, 5.74) is 0. The standard InChI is InChI=1S/C77H144O6/c1-4-7-10-13-16-19-22-25-28-31-33-35-36-37-38-39-40-42-43-46-49-52-55-58-61-64-67-70-76(79)82-73-74(72-81-75(78)69-66-63-60-57-54-51-48-45-30-27-24-21-18-15-12-9-6-3)83-77(80)71-68-65-62-59-56-53-50-47-44-41-34-32-29-26-23-20-17-14-11-8-5-2/h18,21,27,30-31,33,74H,4-17,19-20,22-26,28-29,32,34-73H2,1-3H3/b21-18-,30-27-,33-31-. The van der Waals surface area contributed by atoms with Gasteiger partial charge in [-0.15, -0.1) is 0 Å². The normalized spacial score (nSPS) is 12.2. The maximum Gasteiger partial charge on any atom is 0.306 e. The summed E-state index contributed by atoms with van der Waals surface area (Å²) in [6.45, 7) is 6.70. The molecule has 6 nitrogen and oxygen atoms in total. The molecule has 0 aliphatic rings. The summed E-state index contributed by atoms with van der Waals surface area (Å²) in [7, 11) is 0. The second-order valence-electron chi connectivity index (χ2n) is 25.6. The van der Waals surface area contributed by atoms with Crippen LogP contribution in [0.15, 0.2) is 36.5 Å². The van der Waals surface area contributed by atoms with Crippen LogP contribution in [0.2, 0.25) is 0 Å². The second-order valence-corrected chi connectivity index (χ2v) is 25.6. The molecule has 0 saturated carbocycles. The van der Waals surface area contributed by atoms with Crippen molar-refractivity contribution in [2.45, 2.75) is 425 Å². The fraction of sp³-hybridized carbons (Fsp3) is 0.883. The number of carbonyl (C=O) groups excluding carboxylic acids is 3. The first-order valence-corrected chi connectivity index (χ1v) is 37.5. The summed E-state index contributed by atoms with van der Waals surface area (Å²) < 4.78 is 17.0. The first-order chi connectivity index (χ1) is 41.0. The van der Waals surface area contributed by atoms with Crippen LogP contribution in [-0.4, -0.2) is 37.2 Å². The number of rotatable bonds is 70. The van der Waals surface area contributed by atoms with Gasteiger partial charge in [-0.25, -0.2) is 0 Å². The summed E-state index contributed by atoms with van der Waals surface area (Å²) in [5, 5.41) is 0. The molecule has 0 saturated heterocycles. The zero-order valence-corrected chi connectivity index (χ0v) is 56.2. The Morgan fingerprint density at radius 1 is 0.241 bits per heavy atom. The predicted octanol–water partition coefficient (Wildman–Crippen LogP) is 25.9. The van der Waals surface area contributed by atoms with Crippen molar-refractivity contribution in [1.29, 1.82) is 0 Å². The van der Waals surface area contributed by atoms with E-state index in [2.05, 4.69) is 57.2 Å². The molecule has 488 valence electrons. The van der Waals surface area contributed by atoms with E-state index in [1.807, 2.05) is 0 Å². The van der Waals surface area contributed by atoms with Crippen molar-refractivity contribution >= 4 is 17.9 Å². The highest BCUT2D eigenvalue weighted by atomic mass is 16.6. The molecule has 0 N–H and O–H groups in total. The lowest BCUT2D eigenvalue weighted by molar-refractivity contribution is -0.167. The highest BCUT2D eigenvalue weighted by Crippen LogP contribution is 2.19. The average Bonchev–Trinajstić information content (AvgIpc) is 3.50. The Morgan fingerprint density at radius 3 is 0.699 bits per heavy atom. The minimum atomic E-state index is -0.774. The lowest BCUT2D eigenvalue weighted by Gasteiger charge is -2.18. The molecule has 0 aromatic heterocycles. The van der Waals surface area contributed by atoms with Crippen molar-refractivity contribution in [3.05, 3.63) is 36.5 Å². The first-order valence-electron chi connectivity index (χ1n) is 37.5. The van der Waals surface area contributed by atoms with E-state index in [-0.39, 0.29) is 31.1 Å². The van der Waals surface area contributed by atoms with Crippen molar-refractivity contribution in [3.63, 3.8) is 0 Å². The minimum absolute atomic E-state index is 0.0690. The quantitative estimate of drug-likeness (QED) is 0.0261. The lowest BCUT2D eigenvalue weighted by Crippen LogP contribution is -2.30. The molecule has 0 fully saturated rings. The number of unbranched alkanes of at least 4 members (excludes halogenated alkanes) is 53. The summed E-state index contributed by atoms with van der Waals surface area (Å²) in [5.74, 6) is -0.843. The van der Waals surface area contributed by atoms with E-state index in [1.165, 1.54) is 308 Å². The van der Waals surface area contributed by atoms with E-state index in [0.717, 1.165) is 70.6 Å². The van der Waals surface area contributed by atoms with Gasteiger partial charge in [-0.05, 0) is 77.0 Å². The fourth-order valence-electron chi connectivity index (χ4n) is 11.5. The molecule has 0 bridgehead atoms. The van der Waals surface area contributed by atoms with Gasteiger partial charge in [0.1, 0.15) is 13.2 Å². The van der Waals surface area contributed by atoms with Crippen molar-refractivity contribution in [1.82, 2.24) is 0 Å². The molecule has 1 unspecified atom stereocenters. The van der Waals surface area contributed by atoms with E-state index in [9.17, 15) is 14.4 Å². The van der Waals surface area contributed by atoms with E-state index in [0.29, 0.717) is 19.3 Å². The van der Waals surface area contributed by atoms with Gasteiger partial charge in [0.05, 0.1) is 0 Å². The molecule has 0 heterocycles. The third kappa shape index (κ3) is 70.3. The van der Waals surface area contributed by atoms with E-state index in [4.69, 9.17) is 14.2 Å². The van der Waals surface area contributed by atoms with Crippen LogP contribution in [-0.2, 0) is 28.6 Å². The maximum atomic E-state index is 13.0. The third-order valence-electron chi connectivity index (χ3n) is 17.1. The van der Waals surface area contributed by atoms with Crippen LogP contribution < -0.4 is 0 Å². The monoisotopic (exact) mass is 1170 g/mol. The van der Waals surface area contributed by atoms with Crippen LogP contribution in [0.4, 0.5) is 0 Å². The molecular weight excluding hydrogens is 1020 g/mol. The van der Waals surface area contributed by atoms with E-state index < -0.39 is 6.10 Å². The Hall–Kier alpha value is -2.37. The molecule has 0 aromatic rings. The fourth-order valence-corrected chi connectivity index (χ4v) is 11.5. The third-order valence-corrected chi connectivity index (χ3v) is 17.1. The van der Waals surface area contributed by atoms with Crippen LogP contribution >= 0.6 is 0 Å². The summed E-state index contributed by atoms with van der Waals surface area (Å²) >= 11 is 0. The van der Waals surface area contributed by atoms with Crippen LogP contribution in [0, 0.1) is 0 Å². The van der Waals surface area contributed by atoms with Gasteiger partial charge in [-0.3, -0.25) is 14.4 Å². The number of hydrogen-bond donors (Lipinski definition) is 0. The molecule has 0 aliphatic heterocycles. The molecular formula is C77H144O6. The van der Waals surface area contributed by atoms with Crippen LogP contribution in [0.5, 0.6) is 0 Å². The van der Waals surface area contributed by atoms with Crippen LogP contribution in [0.3, 0.4) is 0 Å². The van der Waals surface area contributed by atoms with E-state index in [1.54, 1.807) is 0 Å². The van der Waals surface area contributed by atoms with Crippen molar-refractivity contribution in [2.24, 2.45) is 0 Å². The highest BCUT2D eigenvalue weighted by molar-refractivity contribution is 5.71. The van der Waals surface area contributed by atoms with Crippen LogP contribution in [0.1, 0.15) is 419 Å². The molecule has 0 radical (unpaired) electrons. The van der Waals surface area contributed by atoms with Gasteiger partial charge in [0.25, 0.3) is 0 Å². The SMILES string of the molecule is CCCCC/C=C\C/C=C\CCCCCCCCCC(=O)OCC(COC(=O)CCCCCCCCCCCCCCCCC/C=C\CCCCCCCCCC)OC(=O)CCCCCCCCCCCCCCCCCCCCCCC. The van der Waals surface area contributed by atoms with Gasteiger partial charge < -0.3 is 14.2 Å². The predicted molar refractivity (Wildman–Crippen MR) is 362 cm³/mol. The number of ether oxygens (including phenoxy) is 3. The van der Waals surface area contributed by atoms with E-state index >= 15 is 0 Å². The van der Waals surface area contributed by atoms with Crippen molar-refractivity contribution in [2.75, 3.05) is 13.2 Å². The molecule has 0 aliphatic carbocycles. The molecule has 0 amide bonds. The van der Waals surface area contributed by atoms with Crippen molar-refractivity contribution in [3.8, 4) is 0 Å². The Morgan fingerprint density at radius 2 is 0.434 bits per heavy atom. The smallest absolute Gasteiger partial charge is 0.306 e. The van der Waals surface area contributed by atoms with Gasteiger partial charge in [-0.1, -0.05) is 359 Å². The Balaban J connectivity index is 4.26. The van der Waals surface area contributed by atoms with Gasteiger partial charge in [0.2, 0.25) is 0 Å². The molecule has 6 heteroatoms. The molecule has 0 spiro atoms. The molecule has 0 aromatic carbocycles. The largest absolute Gasteiger partial charge is 0.462 e.